The van der Waals surface area contributed by atoms with Gasteiger partial charge in [0.1, 0.15) is 0 Å². The fraction of sp³-hybridized carbons (Fsp3) is 0.500. The number of carbonyl (C=O) groups is 1. The number of nitrogens with two attached hydrogens (primary N) is 1. The van der Waals surface area contributed by atoms with Crippen LogP contribution in [0, 0.1) is 13.8 Å². The average molecular weight is 232 g/mol. The second kappa shape index (κ2) is 4.49. The van der Waals surface area contributed by atoms with Crippen molar-refractivity contribution >= 4 is 11.6 Å². The van der Waals surface area contributed by atoms with Crippen LogP contribution in [0.25, 0.3) is 0 Å². The summed E-state index contributed by atoms with van der Waals surface area (Å²) in [5.74, 6) is 0.0833. The minimum Gasteiger partial charge on any atom is -0.330 e. The Kier molecular flexibility index (Phi) is 3.20. The molecular weight excluding hydrogens is 212 g/mol. The molecule has 0 aromatic heterocycles. The van der Waals surface area contributed by atoms with E-state index in [2.05, 4.69) is 25.2 Å². The van der Waals surface area contributed by atoms with Crippen molar-refractivity contribution in [3.05, 3.63) is 28.3 Å². The number of benzene rings is 1. The smallest absolute Gasteiger partial charge is 0.231 e. The Balaban J connectivity index is 2.51. The molecule has 1 amide bonds. The summed E-state index contributed by atoms with van der Waals surface area (Å²) in [6.07, 6.45) is 1.90. The van der Waals surface area contributed by atoms with Crippen molar-refractivity contribution in [3.63, 3.8) is 0 Å². The van der Waals surface area contributed by atoms with E-state index in [4.69, 9.17) is 5.73 Å². The monoisotopic (exact) mass is 232 g/mol. The number of hydrogen-bond acceptors (Lipinski definition) is 2. The van der Waals surface area contributed by atoms with Crippen LogP contribution in [-0.4, -0.2) is 12.5 Å². The summed E-state index contributed by atoms with van der Waals surface area (Å²) in [6, 6.07) is 2.14. The first-order valence-electron chi connectivity index (χ1n) is 6.20. The number of amides is 1. The summed E-state index contributed by atoms with van der Waals surface area (Å²) >= 11 is 0. The largest absolute Gasteiger partial charge is 0.330 e. The molecule has 0 radical (unpaired) electrons. The Labute approximate surface area is 102 Å². The molecule has 0 bridgehead atoms. The van der Waals surface area contributed by atoms with E-state index in [1.165, 1.54) is 16.7 Å². The highest BCUT2D eigenvalue weighted by Gasteiger charge is 2.29. The van der Waals surface area contributed by atoms with Gasteiger partial charge in [-0.2, -0.15) is 0 Å². The number of hydrogen-bond donors (Lipinski definition) is 2. The van der Waals surface area contributed by atoms with E-state index in [0.29, 0.717) is 6.54 Å². The second-order valence-electron chi connectivity index (χ2n) is 4.86. The van der Waals surface area contributed by atoms with Crippen LogP contribution in [0.5, 0.6) is 0 Å². The molecule has 0 saturated heterocycles. The molecule has 1 heterocycles. The Bertz CT molecular complexity index is 466. The van der Waals surface area contributed by atoms with Crippen molar-refractivity contribution in [1.82, 2.24) is 0 Å². The minimum absolute atomic E-state index is 0.0269. The lowest BCUT2D eigenvalue weighted by Gasteiger charge is -2.14. The van der Waals surface area contributed by atoms with Crippen LogP contribution in [0.3, 0.4) is 0 Å². The molecule has 1 aliphatic rings. The zero-order valence-electron chi connectivity index (χ0n) is 10.8. The van der Waals surface area contributed by atoms with Crippen molar-refractivity contribution in [2.24, 2.45) is 5.73 Å². The van der Waals surface area contributed by atoms with Gasteiger partial charge in [-0.25, -0.2) is 0 Å². The van der Waals surface area contributed by atoms with Gasteiger partial charge in [-0.1, -0.05) is 6.07 Å². The Morgan fingerprint density at radius 1 is 1.41 bits per heavy atom. The van der Waals surface area contributed by atoms with Crippen LogP contribution in [0.1, 0.15) is 41.5 Å². The van der Waals surface area contributed by atoms with E-state index in [1.54, 1.807) is 0 Å². The van der Waals surface area contributed by atoms with Crippen molar-refractivity contribution in [3.8, 4) is 0 Å². The maximum absolute atomic E-state index is 11.7. The average Bonchev–Trinajstić information content (AvgIpc) is 2.57. The first-order valence-corrected chi connectivity index (χ1v) is 6.20. The molecular formula is C14H20N2O. The highest BCUT2D eigenvalue weighted by Crippen LogP contribution is 2.38. The van der Waals surface area contributed by atoms with Crippen LogP contribution < -0.4 is 11.1 Å². The van der Waals surface area contributed by atoms with Gasteiger partial charge in [-0.3, -0.25) is 4.79 Å². The van der Waals surface area contributed by atoms with Crippen molar-refractivity contribution in [2.45, 2.75) is 39.5 Å². The molecule has 92 valence electrons. The lowest BCUT2D eigenvalue weighted by molar-refractivity contribution is -0.116. The molecule has 2 rings (SSSR count). The third-order valence-electron chi connectivity index (χ3n) is 3.75. The van der Waals surface area contributed by atoms with Gasteiger partial charge < -0.3 is 11.1 Å². The SMILES string of the molecule is Cc1cc2c(c(CCCN)c1C)NC(=O)C2C. The Hall–Kier alpha value is -1.35. The molecule has 1 aromatic carbocycles. The maximum atomic E-state index is 11.7. The van der Waals surface area contributed by atoms with E-state index in [-0.39, 0.29) is 11.8 Å². The fourth-order valence-electron chi connectivity index (χ4n) is 2.47. The van der Waals surface area contributed by atoms with E-state index >= 15 is 0 Å². The minimum atomic E-state index is -0.0269. The van der Waals surface area contributed by atoms with Crippen LogP contribution >= 0.6 is 0 Å². The second-order valence-corrected chi connectivity index (χ2v) is 4.86. The number of nitrogens with one attached hydrogen (secondary N) is 1. The summed E-state index contributed by atoms with van der Waals surface area (Å²) in [5, 5.41) is 3.01. The highest BCUT2D eigenvalue weighted by molar-refractivity contribution is 6.03. The van der Waals surface area contributed by atoms with Crippen LogP contribution in [0.2, 0.25) is 0 Å². The van der Waals surface area contributed by atoms with Gasteiger partial charge in [0.25, 0.3) is 0 Å². The number of carbonyl (C=O) groups excluding carboxylic acids is 1. The summed E-state index contributed by atoms with van der Waals surface area (Å²) in [6.45, 7) is 6.88. The van der Waals surface area contributed by atoms with Gasteiger partial charge in [0.2, 0.25) is 5.91 Å². The van der Waals surface area contributed by atoms with Gasteiger partial charge in [0, 0.05) is 5.69 Å². The summed E-state index contributed by atoms with van der Waals surface area (Å²) in [7, 11) is 0. The maximum Gasteiger partial charge on any atom is 0.231 e. The molecule has 0 aliphatic carbocycles. The molecule has 1 atom stereocenters. The van der Waals surface area contributed by atoms with Gasteiger partial charge in [-0.05, 0) is 62.4 Å². The number of rotatable bonds is 3. The topological polar surface area (TPSA) is 55.1 Å². The predicted octanol–water partition coefficient (Wildman–Crippen LogP) is 2.25. The third kappa shape index (κ3) is 1.95. The van der Waals surface area contributed by atoms with Gasteiger partial charge in [0.05, 0.1) is 5.92 Å². The molecule has 3 heteroatoms. The molecule has 1 aliphatic heterocycles. The lowest BCUT2D eigenvalue weighted by Crippen LogP contribution is -2.09. The quantitative estimate of drug-likeness (QED) is 0.839. The number of anilines is 1. The Morgan fingerprint density at radius 2 is 2.12 bits per heavy atom. The molecule has 17 heavy (non-hydrogen) atoms. The fourth-order valence-corrected chi connectivity index (χ4v) is 2.47. The molecule has 3 nitrogen and oxygen atoms in total. The number of aryl methyl sites for hydroxylation is 1. The van der Waals surface area contributed by atoms with E-state index in [9.17, 15) is 4.79 Å². The first kappa shape index (κ1) is 12.1. The van der Waals surface area contributed by atoms with Crippen LogP contribution in [0.4, 0.5) is 5.69 Å². The van der Waals surface area contributed by atoms with E-state index in [0.717, 1.165) is 24.1 Å². The normalized spacial score (nSPS) is 18.1. The van der Waals surface area contributed by atoms with Gasteiger partial charge in [0.15, 0.2) is 0 Å². The molecule has 0 spiro atoms. The summed E-state index contributed by atoms with van der Waals surface area (Å²) in [4.78, 5) is 11.7. The molecule has 0 fully saturated rings. The van der Waals surface area contributed by atoms with Gasteiger partial charge >= 0.3 is 0 Å². The Morgan fingerprint density at radius 3 is 2.76 bits per heavy atom. The lowest BCUT2D eigenvalue weighted by atomic mass is 9.91. The van der Waals surface area contributed by atoms with Crippen LogP contribution in [0.15, 0.2) is 6.07 Å². The van der Waals surface area contributed by atoms with Crippen molar-refractivity contribution in [2.75, 3.05) is 11.9 Å². The third-order valence-corrected chi connectivity index (χ3v) is 3.75. The molecule has 0 saturated carbocycles. The molecule has 1 unspecified atom stereocenters. The van der Waals surface area contributed by atoms with E-state index in [1.807, 2.05) is 6.92 Å². The highest BCUT2D eigenvalue weighted by atomic mass is 16.2. The first-order chi connectivity index (χ1) is 8.06. The van der Waals surface area contributed by atoms with Crippen molar-refractivity contribution < 1.29 is 4.79 Å². The van der Waals surface area contributed by atoms with E-state index < -0.39 is 0 Å². The zero-order valence-corrected chi connectivity index (χ0v) is 10.8. The van der Waals surface area contributed by atoms with Crippen molar-refractivity contribution in [1.29, 1.82) is 0 Å². The number of fused-ring (bicyclic) bond motifs is 1. The summed E-state index contributed by atoms with van der Waals surface area (Å²) in [5.41, 5.74) is 11.6. The molecule has 1 aromatic rings. The van der Waals surface area contributed by atoms with Crippen LogP contribution in [-0.2, 0) is 11.2 Å². The molecule has 3 N–H and O–H groups in total. The summed E-state index contributed by atoms with van der Waals surface area (Å²) < 4.78 is 0. The van der Waals surface area contributed by atoms with Gasteiger partial charge in [-0.15, -0.1) is 0 Å². The zero-order chi connectivity index (χ0) is 12.6. The predicted molar refractivity (Wildman–Crippen MR) is 70.3 cm³/mol. The standard InChI is InChI=1S/C14H20N2O/c1-8-7-12-10(3)14(17)16-13(12)11(9(8)2)5-4-6-15/h7,10H,4-6,15H2,1-3H3,(H,16,17).